The fourth-order valence-corrected chi connectivity index (χ4v) is 4.93. The summed E-state index contributed by atoms with van der Waals surface area (Å²) in [5, 5.41) is 1.55. The Balaban J connectivity index is 3.09. The second-order valence-electron chi connectivity index (χ2n) is 3.24. The van der Waals surface area contributed by atoms with Gasteiger partial charge < -0.3 is 13.3 Å². The lowest BCUT2D eigenvalue weighted by Crippen LogP contribution is -2.55. The molecule has 8 heteroatoms. The number of hydrogen-bond donors (Lipinski definition) is 0. The topological polar surface area (TPSA) is 27.7 Å². The van der Waals surface area contributed by atoms with Crippen LogP contribution in [0.5, 0.6) is 0 Å². The third-order valence-electron chi connectivity index (χ3n) is 2.37. The molecule has 1 aromatic carbocycles. The highest BCUT2D eigenvalue weighted by atomic mass is 35.8. The third-order valence-corrected chi connectivity index (χ3v) is 7.98. The van der Waals surface area contributed by atoms with Crippen molar-refractivity contribution >= 4 is 58.4 Å². The highest BCUT2D eigenvalue weighted by molar-refractivity contribution is 7.69. The number of hydrogen-bond acceptors (Lipinski definition) is 3. The zero-order valence-corrected chi connectivity index (χ0v) is 13.9. The van der Waals surface area contributed by atoms with Crippen molar-refractivity contribution in [3.63, 3.8) is 0 Å². The maximum absolute atomic E-state index is 5.91. The molecule has 0 aliphatic carbocycles. The second-order valence-corrected chi connectivity index (χ2v) is 14.6. The Morgan fingerprint density at radius 1 is 0.765 bits per heavy atom. The first-order chi connectivity index (χ1) is 7.89. The van der Waals surface area contributed by atoms with E-state index in [1.807, 2.05) is 12.1 Å². The third kappa shape index (κ3) is 3.45. The van der Waals surface area contributed by atoms with Crippen molar-refractivity contribution in [1.29, 1.82) is 0 Å². The van der Waals surface area contributed by atoms with Gasteiger partial charge in [-0.2, -0.15) is 0 Å². The molecule has 0 unspecified atom stereocenters. The molecule has 0 radical (unpaired) electrons. The minimum absolute atomic E-state index is 0.720. The van der Waals surface area contributed by atoms with E-state index in [1.54, 1.807) is 33.5 Å². The zero-order chi connectivity index (χ0) is 13.1. The Morgan fingerprint density at radius 2 is 1.12 bits per heavy atom. The van der Waals surface area contributed by atoms with E-state index in [1.165, 1.54) is 0 Å². The van der Waals surface area contributed by atoms with Crippen LogP contribution in [0.4, 0.5) is 0 Å². The summed E-state index contributed by atoms with van der Waals surface area (Å²) in [5.74, 6) is 0. The molecule has 0 amide bonds. The first-order valence-electron chi connectivity index (χ1n) is 4.73. The van der Waals surface area contributed by atoms with Gasteiger partial charge in [0.05, 0.1) is 0 Å². The summed E-state index contributed by atoms with van der Waals surface area (Å²) >= 11 is 17.7. The molecule has 1 aromatic rings. The van der Waals surface area contributed by atoms with Gasteiger partial charge in [-0.25, -0.2) is 0 Å². The fraction of sp³-hybridized carbons (Fsp3) is 0.333. The monoisotopic (exact) mass is 330 g/mol. The van der Waals surface area contributed by atoms with Gasteiger partial charge in [0.2, 0.25) is 0 Å². The number of rotatable bonds is 5. The lowest BCUT2D eigenvalue weighted by Gasteiger charge is -2.24. The van der Waals surface area contributed by atoms with Gasteiger partial charge >= 0.3 is 14.8 Å². The normalized spacial score (nSPS) is 12.8. The second kappa shape index (κ2) is 6.03. The molecule has 0 atom stereocenters. The summed E-state index contributed by atoms with van der Waals surface area (Å²) < 4.78 is 16.1. The average molecular weight is 332 g/mol. The van der Waals surface area contributed by atoms with Crippen molar-refractivity contribution in [2.45, 2.75) is 0 Å². The smallest absolute Gasteiger partial charge is 0.373 e. The molecule has 1 rings (SSSR count). The molecule has 0 saturated heterocycles. The van der Waals surface area contributed by atoms with Crippen molar-refractivity contribution in [1.82, 2.24) is 0 Å². The van der Waals surface area contributed by atoms with Gasteiger partial charge in [0.25, 0.3) is 0 Å². The molecule has 0 N–H and O–H groups in total. The molecule has 96 valence electrons. The van der Waals surface area contributed by atoms with Crippen LogP contribution in [0.15, 0.2) is 24.3 Å². The predicted molar refractivity (Wildman–Crippen MR) is 75.8 cm³/mol. The Hall–Kier alpha value is 0.404. The summed E-state index contributed by atoms with van der Waals surface area (Å²) in [6.45, 7) is 0. The van der Waals surface area contributed by atoms with Gasteiger partial charge in [-0.15, -0.1) is 33.2 Å². The molecule has 3 nitrogen and oxygen atoms in total. The van der Waals surface area contributed by atoms with Crippen LogP contribution in [-0.4, -0.2) is 36.1 Å². The van der Waals surface area contributed by atoms with E-state index in [9.17, 15) is 0 Å². The molecular weight excluding hydrogens is 319 g/mol. The minimum Gasteiger partial charge on any atom is -0.373 e. The zero-order valence-electron chi connectivity index (χ0n) is 9.67. The molecule has 0 aliphatic rings. The van der Waals surface area contributed by atoms with Crippen LogP contribution in [0, 0.1) is 0 Å². The van der Waals surface area contributed by atoms with E-state index in [2.05, 4.69) is 0 Å². The molecule has 17 heavy (non-hydrogen) atoms. The number of benzene rings is 1. The summed E-state index contributed by atoms with van der Waals surface area (Å²) in [7, 11) is 1.87. The molecular formula is C9H13Cl3O3Si2. The Bertz CT molecular complexity index is 354. The summed E-state index contributed by atoms with van der Waals surface area (Å²) in [6, 6.07) is 4.33. The van der Waals surface area contributed by atoms with Crippen LogP contribution < -0.4 is 10.4 Å². The van der Waals surface area contributed by atoms with Crippen molar-refractivity contribution < 1.29 is 13.3 Å². The molecule has 0 heterocycles. The standard InChI is InChI=1S/C9H13Cl3O3Si2/c1-13-17(14-2,15-3)9-6-4-8(5-7-9)16(10,11)12/h4-7H,1-3H3. The SMILES string of the molecule is CO[Si](OC)(OC)c1ccc([Si](Cl)(Cl)Cl)cc1. The summed E-state index contributed by atoms with van der Waals surface area (Å²) in [6.07, 6.45) is 0. The lowest BCUT2D eigenvalue weighted by molar-refractivity contribution is 0.140. The van der Waals surface area contributed by atoms with Crippen molar-refractivity contribution in [3.05, 3.63) is 24.3 Å². The van der Waals surface area contributed by atoms with Gasteiger partial charge in [0, 0.05) is 26.5 Å². The maximum Gasteiger partial charge on any atom is 0.536 e. The van der Waals surface area contributed by atoms with E-state index in [0.717, 1.165) is 10.4 Å². The van der Waals surface area contributed by atoms with Gasteiger partial charge in [0.15, 0.2) is 0 Å². The molecule has 0 aliphatic heterocycles. The quantitative estimate of drug-likeness (QED) is 0.606. The molecule has 0 bridgehead atoms. The van der Waals surface area contributed by atoms with Crippen molar-refractivity contribution in [2.24, 2.45) is 0 Å². The van der Waals surface area contributed by atoms with Crippen LogP contribution >= 0.6 is 33.2 Å². The highest BCUT2D eigenvalue weighted by Gasteiger charge is 2.41. The summed E-state index contributed by atoms with van der Waals surface area (Å²) in [4.78, 5) is 0. The predicted octanol–water partition coefficient (Wildman–Crippen LogP) is 1.63. The Labute approximate surface area is 117 Å². The van der Waals surface area contributed by atoms with Crippen molar-refractivity contribution in [2.75, 3.05) is 21.3 Å². The van der Waals surface area contributed by atoms with E-state index in [4.69, 9.17) is 46.5 Å². The van der Waals surface area contributed by atoms with E-state index < -0.39 is 14.8 Å². The summed E-state index contributed by atoms with van der Waals surface area (Å²) in [5.41, 5.74) is 0. The molecule has 0 saturated carbocycles. The van der Waals surface area contributed by atoms with Crippen LogP contribution in [0.25, 0.3) is 0 Å². The van der Waals surface area contributed by atoms with Crippen LogP contribution in [0.1, 0.15) is 0 Å². The van der Waals surface area contributed by atoms with Gasteiger partial charge in [-0.1, -0.05) is 24.3 Å². The van der Waals surface area contributed by atoms with Gasteiger partial charge in [-0.3, -0.25) is 0 Å². The van der Waals surface area contributed by atoms with E-state index >= 15 is 0 Å². The largest absolute Gasteiger partial charge is 0.536 e. The molecule has 0 aromatic heterocycles. The minimum atomic E-state index is -2.84. The van der Waals surface area contributed by atoms with Crippen LogP contribution in [-0.2, 0) is 13.3 Å². The van der Waals surface area contributed by atoms with Gasteiger partial charge in [-0.05, 0) is 5.19 Å². The van der Waals surface area contributed by atoms with Crippen LogP contribution in [0.2, 0.25) is 0 Å². The fourth-order valence-electron chi connectivity index (χ4n) is 1.47. The van der Waals surface area contributed by atoms with Crippen molar-refractivity contribution in [3.8, 4) is 0 Å². The first-order valence-corrected chi connectivity index (χ1v) is 11.5. The van der Waals surface area contributed by atoms with Gasteiger partial charge in [0.1, 0.15) is 0 Å². The Morgan fingerprint density at radius 3 is 1.41 bits per heavy atom. The Kier molecular flexibility index (Phi) is 5.49. The number of halogens is 3. The average Bonchev–Trinajstić information content (AvgIpc) is 2.32. The highest BCUT2D eigenvalue weighted by Crippen LogP contribution is 2.19. The first kappa shape index (κ1) is 15.5. The molecule has 0 fully saturated rings. The van der Waals surface area contributed by atoms with Crippen LogP contribution in [0.3, 0.4) is 0 Å². The van der Waals surface area contributed by atoms with E-state index in [0.29, 0.717) is 0 Å². The molecule has 0 spiro atoms. The van der Waals surface area contributed by atoms with E-state index in [-0.39, 0.29) is 0 Å². The maximum atomic E-state index is 5.91. The lowest BCUT2D eigenvalue weighted by atomic mass is 10.4.